The predicted octanol–water partition coefficient (Wildman–Crippen LogP) is 3.45. The number of fused-ring (bicyclic) bond motifs is 1. The first kappa shape index (κ1) is 17.6. The average Bonchev–Trinajstić information content (AvgIpc) is 3.41. The van der Waals surface area contributed by atoms with Gasteiger partial charge in [0, 0.05) is 42.7 Å². The second kappa shape index (κ2) is 7.16. The molecule has 4 aromatic rings. The maximum absolute atomic E-state index is 13.0. The van der Waals surface area contributed by atoms with Crippen LogP contribution in [0.25, 0.3) is 16.8 Å². The molecule has 0 saturated carbocycles. The van der Waals surface area contributed by atoms with E-state index in [2.05, 4.69) is 51.5 Å². The molecule has 1 fully saturated rings. The van der Waals surface area contributed by atoms with Crippen molar-refractivity contribution in [1.29, 1.82) is 0 Å². The summed E-state index contributed by atoms with van der Waals surface area (Å²) in [5.41, 5.74) is 5.91. The number of nitrogens with zero attached hydrogens (tertiary/aromatic N) is 5. The van der Waals surface area contributed by atoms with Gasteiger partial charge in [0.1, 0.15) is 5.56 Å². The maximum atomic E-state index is 13.0. The molecule has 4 heterocycles. The predicted molar refractivity (Wildman–Crippen MR) is 110 cm³/mol. The summed E-state index contributed by atoms with van der Waals surface area (Å²) in [5, 5.41) is 11.8. The number of nitrogens with one attached hydrogen (secondary N) is 1. The molecule has 0 atom stereocenters. The molecule has 5 rings (SSSR count). The van der Waals surface area contributed by atoms with Gasteiger partial charge in [-0.05, 0) is 31.4 Å². The van der Waals surface area contributed by atoms with Crippen LogP contribution in [0.3, 0.4) is 0 Å². The topological polar surface area (TPSA) is 79.2 Å². The molecule has 1 aliphatic rings. The van der Waals surface area contributed by atoms with Gasteiger partial charge in [-0.2, -0.15) is 10.2 Å². The number of benzene rings is 1. The number of H-pyrrole nitrogens is 1. The summed E-state index contributed by atoms with van der Waals surface area (Å²) in [6, 6.07) is 10.3. The van der Waals surface area contributed by atoms with Crippen LogP contribution in [0, 0.1) is 6.92 Å². The highest BCUT2D eigenvalue weighted by Crippen LogP contribution is 2.34. The highest BCUT2D eigenvalue weighted by Gasteiger charge is 2.28. The number of carbonyl (C=O) groups excluding carboxylic acids is 1. The first-order valence-electron chi connectivity index (χ1n) is 9.88. The van der Waals surface area contributed by atoms with E-state index in [1.165, 1.54) is 16.8 Å². The number of hydrogen-bond donors (Lipinski definition) is 1. The third-order valence-corrected chi connectivity index (χ3v) is 5.70. The van der Waals surface area contributed by atoms with Gasteiger partial charge in [0.15, 0.2) is 5.65 Å². The van der Waals surface area contributed by atoms with Crippen LogP contribution in [0.4, 0.5) is 0 Å². The third kappa shape index (κ3) is 3.18. The van der Waals surface area contributed by atoms with Crippen molar-refractivity contribution < 1.29 is 4.79 Å². The number of carbonyl (C=O) groups is 1. The molecular formula is C22H22N6O. The smallest absolute Gasteiger partial charge is 0.259 e. The summed E-state index contributed by atoms with van der Waals surface area (Å²) >= 11 is 0. The Hall–Kier alpha value is -3.48. The second-order valence-corrected chi connectivity index (χ2v) is 7.58. The van der Waals surface area contributed by atoms with Crippen LogP contribution in [0.1, 0.15) is 40.4 Å². The van der Waals surface area contributed by atoms with Crippen molar-refractivity contribution in [2.24, 2.45) is 0 Å². The molecule has 1 aliphatic heterocycles. The SMILES string of the molecule is Cc1cccc(-c2cn[nH]c2C2CCN(C(=O)c3cnn4cccnc34)CC2)c1. The standard InChI is InChI=1S/C22H22N6O/c1-15-4-2-5-17(12-15)18-13-24-26-20(18)16-6-10-27(11-7-16)22(29)19-14-25-28-9-3-8-23-21(19)28/h2-5,8-9,12-14,16H,6-7,10-11H2,1H3,(H,24,26). The summed E-state index contributed by atoms with van der Waals surface area (Å²) < 4.78 is 1.64. The number of likely N-dealkylation sites (tertiary alicyclic amines) is 1. The van der Waals surface area contributed by atoms with E-state index < -0.39 is 0 Å². The number of amides is 1. The van der Waals surface area contributed by atoms with Crippen LogP contribution in [0.15, 0.2) is 55.1 Å². The lowest BCUT2D eigenvalue weighted by atomic mass is 9.89. The summed E-state index contributed by atoms with van der Waals surface area (Å²) in [4.78, 5) is 19.2. The molecule has 1 saturated heterocycles. The molecular weight excluding hydrogens is 364 g/mol. The van der Waals surface area contributed by atoms with Crippen molar-refractivity contribution in [2.75, 3.05) is 13.1 Å². The first-order valence-corrected chi connectivity index (χ1v) is 9.88. The minimum absolute atomic E-state index is 0.000619. The van der Waals surface area contributed by atoms with E-state index in [-0.39, 0.29) is 5.91 Å². The maximum Gasteiger partial charge on any atom is 0.259 e. The highest BCUT2D eigenvalue weighted by molar-refractivity contribution is 5.99. The van der Waals surface area contributed by atoms with Gasteiger partial charge in [0.25, 0.3) is 5.91 Å². The summed E-state index contributed by atoms with van der Waals surface area (Å²) in [6.07, 6.45) is 8.81. The van der Waals surface area contributed by atoms with Crippen LogP contribution < -0.4 is 0 Å². The minimum Gasteiger partial charge on any atom is -0.338 e. The molecule has 7 heteroatoms. The van der Waals surface area contributed by atoms with Gasteiger partial charge < -0.3 is 4.90 Å². The van der Waals surface area contributed by atoms with E-state index in [1.807, 2.05) is 11.1 Å². The van der Waals surface area contributed by atoms with E-state index in [0.717, 1.165) is 18.4 Å². The zero-order valence-electron chi connectivity index (χ0n) is 16.2. The Morgan fingerprint density at radius 3 is 2.86 bits per heavy atom. The van der Waals surface area contributed by atoms with Crippen molar-refractivity contribution in [3.63, 3.8) is 0 Å². The van der Waals surface area contributed by atoms with E-state index in [1.54, 1.807) is 29.2 Å². The largest absolute Gasteiger partial charge is 0.338 e. The van der Waals surface area contributed by atoms with Crippen LogP contribution >= 0.6 is 0 Å². The number of aromatic amines is 1. The Bertz CT molecular complexity index is 1170. The number of piperidine rings is 1. The van der Waals surface area contributed by atoms with Crippen LogP contribution in [-0.4, -0.2) is 48.7 Å². The van der Waals surface area contributed by atoms with Gasteiger partial charge in [-0.3, -0.25) is 9.89 Å². The second-order valence-electron chi connectivity index (χ2n) is 7.58. The molecule has 0 bridgehead atoms. The van der Waals surface area contributed by atoms with Crippen LogP contribution in [0.2, 0.25) is 0 Å². The lowest BCUT2D eigenvalue weighted by Gasteiger charge is -2.31. The first-order chi connectivity index (χ1) is 14.2. The van der Waals surface area contributed by atoms with Gasteiger partial charge >= 0.3 is 0 Å². The summed E-state index contributed by atoms with van der Waals surface area (Å²) in [5.74, 6) is 0.361. The third-order valence-electron chi connectivity index (χ3n) is 5.70. The molecule has 1 amide bonds. The van der Waals surface area contributed by atoms with Crippen molar-refractivity contribution in [3.05, 3.63) is 71.9 Å². The Kier molecular flexibility index (Phi) is 4.35. The van der Waals surface area contributed by atoms with Gasteiger partial charge in [-0.1, -0.05) is 29.8 Å². The summed E-state index contributed by atoms with van der Waals surface area (Å²) in [6.45, 7) is 3.52. The molecule has 1 aromatic carbocycles. The van der Waals surface area contributed by atoms with Crippen LogP contribution in [-0.2, 0) is 0 Å². The lowest BCUT2D eigenvalue weighted by molar-refractivity contribution is 0.0714. The van der Waals surface area contributed by atoms with Gasteiger partial charge in [-0.25, -0.2) is 9.50 Å². The summed E-state index contributed by atoms with van der Waals surface area (Å²) in [7, 11) is 0. The average molecular weight is 386 g/mol. The number of hydrogen-bond acceptors (Lipinski definition) is 4. The Balaban J connectivity index is 1.33. The molecule has 7 nitrogen and oxygen atoms in total. The molecule has 146 valence electrons. The zero-order valence-corrected chi connectivity index (χ0v) is 16.2. The van der Waals surface area contributed by atoms with Crippen molar-refractivity contribution in [2.45, 2.75) is 25.7 Å². The van der Waals surface area contributed by atoms with E-state index in [9.17, 15) is 4.79 Å². The molecule has 0 unspecified atom stereocenters. The van der Waals surface area contributed by atoms with E-state index in [0.29, 0.717) is 30.2 Å². The Labute approximate surface area is 168 Å². The molecule has 1 N–H and O–H groups in total. The molecule has 0 radical (unpaired) electrons. The number of rotatable bonds is 3. The quantitative estimate of drug-likeness (QED) is 0.585. The Morgan fingerprint density at radius 1 is 1.17 bits per heavy atom. The van der Waals surface area contributed by atoms with E-state index >= 15 is 0 Å². The van der Waals surface area contributed by atoms with Gasteiger partial charge in [0.05, 0.1) is 12.4 Å². The van der Waals surface area contributed by atoms with Crippen LogP contribution in [0.5, 0.6) is 0 Å². The Morgan fingerprint density at radius 2 is 2.03 bits per heavy atom. The lowest BCUT2D eigenvalue weighted by Crippen LogP contribution is -2.38. The van der Waals surface area contributed by atoms with Crippen molar-refractivity contribution in [1.82, 2.24) is 29.7 Å². The van der Waals surface area contributed by atoms with Gasteiger partial charge in [-0.15, -0.1) is 0 Å². The fourth-order valence-electron chi connectivity index (χ4n) is 4.17. The number of aromatic nitrogens is 5. The zero-order chi connectivity index (χ0) is 19.8. The van der Waals surface area contributed by atoms with Crippen molar-refractivity contribution >= 4 is 11.6 Å². The molecule has 0 spiro atoms. The van der Waals surface area contributed by atoms with Crippen molar-refractivity contribution in [3.8, 4) is 11.1 Å². The fourth-order valence-corrected chi connectivity index (χ4v) is 4.17. The normalized spacial score (nSPS) is 15.1. The monoisotopic (exact) mass is 386 g/mol. The van der Waals surface area contributed by atoms with Gasteiger partial charge in [0.2, 0.25) is 0 Å². The molecule has 29 heavy (non-hydrogen) atoms. The fraction of sp³-hybridized carbons (Fsp3) is 0.273. The molecule has 0 aliphatic carbocycles. The molecule has 3 aromatic heterocycles. The number of aryl methyl sites for hydroxylation is 1. The minimum atomic E-state index is 0.000619. The van der Waals surface area contributed by atoms with E-state index in [4.69, 9.17) is 0 Å². The highest BCUT2D eigenvalue weighted by atomic mass is 16.2.